The van der Waals surface area contributed by atoms with E-state index in [0.29, 0.717) is 0 Å². The van der Waals surface area contributed by atoms with Gasteiger partial charge in [-0.3, -0.25) is 4.79 Å². The Balaban J connectivity index is 2.38. The normalized spacial score (nSPS) is 18.9. The molecule has 1 N–H and O–H groups in total. The maximum Gasteiger partial charge on any atom is 0.313 e. The summed E-state index contributed by atoms with van der Waals surface area (Å²) < 4.78 is 4.81. The molecule has 1 aromatic rings. The number of hydrogen-bond donors (Lipinski definition) is 1. The van der Waals surface area contributed by atoms with Crippen LogP contribution in [0.25, 0.3) is 0 Å². The van der Waals surface area contributed by atoms with Gasteiger partial charge in [0.1, 0.15) is 0 Å². The smallest absolute Gasteiger partial charge is 0.313 e. The first kappa shape index (κ1) is 10.0. The van der Waals surface area contributed by atoms with Crippen LogP contribution in [0.1, 0.15) is 23.5 Å². The Hall–Kier alpha value is -1.51. The van der Waals surface area contributed by atoms with Crippen LogP contribution in [-0.2, 0) is 9.53 Å². The molecule has 0 bridgehead atoms. The molecule has 0 amide bonds. The van der Waals surface area contributed by atoms with Crippen molar-refractivity contribution in [3.63, 3.8) is 0 Å². The monoisotopic (exact) mass is 205 g/mol. The minimum absolute atomic E-state index is 0.105. The zero-order valence-electron chi connectivity index (χ0n) is 9.04. The van der Waals surface area contributed by atoms with Crippen LogP contribution >= 0.6 is 0 Å². The highest BCUT2D eigenvalue weighted by molar-refractivity contribution is 5.81. The number of ether oxygens (including phenoxy) is 1. The number of carbonyl (C=O) groups is 1. The number of rotatable bonds is 1. The van der Waals surface area contributed by atoms with Crippen LogP contribution < -0.4 is 5.32 Å². The zero-order chi connectivity index (χ0) is 10.8. The molecule has 0 fully saturated rings. The second-order valence-electron chi connectivity index (χ2n) is 3.88. The Morgan fingerprint density at radius 1 is 1.53 bits per heavy atom. The Kier molecular flexibility index (Phi) is 2.62. The highest BCUT2D eigenvalue weighted by Crippen LogP contribution is 2.32. The third-order valence-electron chi connectivity index (χ3n) is 2.82. The van der Waals surface area contributed by atoms with Gasteiger partial charge in [-0.15, -0.1) is 0 Å². The molecule has 1 aliphatic rings. The molecule has 1 aromatic carbocycles. The van der Waals surface area contributed by atoms with Gasteiger partial charge in [-0.1, -0.05) is 12.1 Å². The molecule has 0 saturated heterocycles. The van der Waals surface area contributed by atoms with E-state index < -0.39 is 0 Å². The SMILES string of the molecule is COC(=O)C1CCNc2cc(C)ccc21. The summed E-state index contributed by atoms with van der Waals surface area (Å²) in [6.07, 6.45) is 0.808. The van der Waals surface area contributed by atoms with Crippen LogP contribution in [0, 0.1) is 6.92 Å². The molecule has 1 unspecified atom stereocenters. The van der Waals surface area contributed by atoms with Crippen molar-refractivity contribution in [2.75, 3.05) is 19.0 Å². The maximum absolute atomic E-state index is 11.6. The predicted molar refractivity (Wildman–Crippen MR) is 59.0 cm³/mol. The Morgan fingerprint density at radius 3 is 3.07 bits per heavy atom. The first-order chi connectivity index (χ1) is 7.22. The molecular weight excluding hydrogens is 190 g/mol. The van der Waals surface area contributed by atoms with Gasteiger partial charge in [0.25, 0.3) is 0 Å². The fourth-order valence-corrected chi connectivity index (χ4v) is 2.02. The number of hydrogen-bond acceptors (Lipinski definition) is 3. The van der Waals surface area contributed by atoms with Gasteiger partial charge in [0.15, 0.2) is 0 Å². The first-order valence-corrected chi connectivity index (χ1v) is 5.14. The molecule has 0 radical (unpaired) electrons. The summed E-state index contributed by atoms with van der Waals surface area (Å²) in [6, 6.07) is 6.12. The Labute approximate surface area is 89.4 Å². The predicted octanol–water partition coefficient (Wildman–Crippen LogP) is 2.07. The quantitative estimate of drug-likeness (QED) is 0.713. The second kappa shape index (κ2) is 3.93. The average Bonchev–Trinajstić information content (AvgIpc) is 2.26. The van der Waals surface area contributed by atoms with E-state index in [0.717, 1.165) is 24.2 Å². The fourth-order valence-electron chi connectivity index (χ4n) is 2.02. The molecule has 1 aliphatic heterocycles. The fraction of sp³-hybridized carbons (Fsp3) is 0.417. The molecule has 1 atom stereocenters. The van der Waals surface area contributed by atoms with Crippen molar-refractivity contribution in [1.29, 1.82) is 0 Å². The van der Waals surface area contributed by atoms with Crippen molar-refractivity contribution >= 4 is 11.7 Å². The zero-order valence-corrected chi connectivity index (χ0v) is 9.04. The molecule has 0 aromatic heterocycles. The number of esters is 1. The molecule has 3 heteroatoms. The van der Waals surface area contributed by atoms with E-state index >= 15 is 0 Å². The van der Waals surface area contributed by atoms with E-state index in [9.17, 15) is 4.79 Å². The summed E-state index contributed by atoms with van der Waals surface area (Å²) in [7, 11) is 1.44. The third kappa shape index (κ3) is 1.82. The van der Waals surface area contributed by atoms with Crippen molar-refractivity contribution in [2.45, 2.75) is 19.3 Å². The van der Waals surface area contributed by atoms with Gasteiger partial charge < -0.3 is 10.1 Å². The number of methoxy groups -OCH3 is 1. The summed E-state index contributed by atoms with van der Waals surface area (Å²) in [5, 5.41) is 3.30. The molecule has 0 aliphatic carbocycles. The van der Waals surface area contributed by atoms with Crippen molar-refractivity contribution < 1.29 is 9.53 Å². The Bertz CT molecular complexity index is 387. The van der Waals surface area contributed by atoms with Gasteiger partial charge in [0.2, 0.25) is 0 Å². The van der Waals surface area contributed by atoms with Gasteiger partial charge >= 0.3 is 5.97 Å². The third-order valence-corrected chi connectivity index (χ3v) is 2.82. The highest BCUT2D eigenvalue weighted by atomic mass is 16.5. The van der Waals surface area contributed by atoms with Crippen LogP contribution in [0.5, 0.6) is 0 Å². The lowest BCUT2D eigenvalue weighted by Crippen LogP contribution is -2.23. The number of carbonyl (C=O) groups excluding carboxylic acids is 1. The van der Waals surface area contributed by atoms with E-state index in [2.05, 4.69) is 11.4 Å². The average molecular weight is 205 g/mol. The summed E-state index contributed by atoms with van der Waals surface area (Å²) >= 11 is 0. The maximum atomic E-state index is 11.6. The summed E-state index contributed by atoms with van der Waals surface area (Å²) in [5.74, 6) is -0.242. The van der Waals surface area contributed by atoms with Crippen molar-refractivity contribution in [1.82, 2.24) is 0 Å². The standard InChI is InChI=1S/C12H15NO2/c1-8-3-4-9-10(12(14)15-2)5-6-13-11(9)7-8/h3-4,7,10,13H,5-6H2,1-2H3. The van der Waals surface area contributed by atoms with Crippen LogP contribution in [0.2, 0.25) is 0 Å². The van der Waals surface area contributed by atoms with Gasteiger partial charge in [-0.05, 0) is 30.5 Å². The molecule has 0 saturated carbocycles. The molecule has 2 rings (SSSR count). The summed E-state index contributed by atoms with van der Waals surface area (Å²) in [6.45, 7) is 2.87. The van der Waals surface area contributed by atoms with E-state index in [1.165, 1.54) is 12.7 Å². The first-order valence-electron chi connectivity index (χ1n) is 5.14. The van der Waals surface area contributed by atoms with Crippen molar-refractivity contribution in [2.24, 2.45) is 0 Å². The van der Waals surface area contributed by atoms with Crippen LogP contribution in [0.15, 0.2) is 18.2 Å². The van der Waals surface area contributed by atoms with Crippen molar-refractivity contribution in [3.05, 3.63) is 29.3 Å². The van der Waals surface area contributed by atoms with Gasteiger partial charge in [0, 0.05) is 12.2 Å². The number of fused-ring (bicyclic) bond motifs is 1. The lowest BCUT2D eigenvalue weighted by molar-refractivity contribution is -0.142. The van der Waals surface area contributed by atoms with Gasteiger partial charge in [0.05, 0.1) is 13.0 Å². The van der Waals surface area contributed by atoms with E-state index in [4.69, 9.17) is 4.74 Å². The van der Waals surface area contributed by atoms with E-state index in [-0.39, 0.29) is 11.9 Å². The number of benzene rings is 1. The minimum Gasteiger partial charge on any atom is -0.469 e. The number of aryl methyl sites for hydroxylation is 1. The van der Waals surface area contributed by atoms with Crippen molar-refractivity contribution in [3.8, 4) is 0 Å². The number of anilines is 1. The molecular formula is C12H15NO2. The topological polar surface area (TPSA) is 38.3 Å². The summed E-state index contributed by atoms with van der Waals surface area (Å²) in [5.41, 5.74) is 3.32. The molecule has 80 valence electrons. The largest absolute Gasteiger partial charge is 0.469 e. The highest BCUT2D eigenvalue weighted by Gasteiger charge is 2.26. The van der Waals surface area contributed by atoms with Gasteiger partial charge in [-0.2, -0.15) is 0 Å². The van der Waals surface area contributed by atoms with Crippen LogP contribution in [0.4, 0.5) is 5.69 Å². The molecule has 15 heavy (non-hydrogen) atoms. The summed E-state index contributed by atoms with van der Waals surface area (Å²) in [4.78, 5) is 11.6. The Morgan fingerprint density at radius 2 is 2.33 bits per heavy atom. The minimum atomic E-state index is -0.137. The second-order valence-corrected chi connectivity index (χ2v) is 3.88. The lowest BCUT2D eigenvalue weighted by Gasteiger charge is -2.25. The van der Waals surface area contributed by atoms with E-state index in [1.54, 1.807) is 0 Å². The molecule has 1 heterocycles. The number of nitrogens with one attached hydrogen (secondary N) is 1. The van der Waals surface area contributed by atoms with E-state index in [1.807, 2.05) is 19.1 Å². The molecule has 3 nitrogen and oxygen atoms in total. The van der Waals surface area contributed by atoms with Crippen LogP contribution in [-0.4, -0.2) is 19.6 Å². The van der Waals surface area contributed by atoms with Crippen LogP contribution in [0.3, 0.4) is 0 Å². The van der Waals surface area contributed by atoms with Gasteiger partial charge in [-0.25, -0.2) is 0 Å². The lowest BCUT2D eigenvalue weighted by atomic mass is 9.90. The molecule has 0 spiro atoms.